The zero-order chi connectivity index (χ0) is 22.9. The van der Waals surface area contributed by atoms with Crippen molar-refractivity contribution in [3.8, 4) is 0 Å². The minimum absolute atomic E-state index is 0.0613. The lowest BCUT2D eigenvalue weighted by Gasteiger charge is -2.24. The van der Waals surface area contributed by atoms with Crippen LogP contribution < -0.4 is 0 Å². The Morgan fingerprint density at radius 2 is 1.50 bits per heavy atom. The summed E-state index contributed by atoms with van der Waals surface area (Å²) in [6, 6.07) is 0. The Bertz CT molecular complexity index is 538. The van der Waals surface area contributed by atoms with E-state index in [0.717, 1.165) is 44.9 Å². The fourth-order valence-electron chi connectivity index (χ4n) is 3.17. The van der Waals surface area contributed by atoms with E-state index < -0.39 is 0 Å². The molecule has 1 aliphatic carbocycles. The molecule has 0 aromatic heterocycles. The Kier molecular flexibility index (Phi) is 10.8. The minimum Gasteiger partial charge on any atom is -0.465 e. The van der Waals surface area contributed by atoms with E-state index in [2.05, 4.69) is 13.8 Å². The second-order valence-corrected chi connectivity index (χ2v) is 10.6. The lowest BCUT2D eigenvalue weighted by atomic mass is 9.89. The molecule has 0 radical (unpaired) electrons. The van der Waals surface area contributed by atoms with Gasteiger partial charge in [0.1, 0.15) is 0 Å². The molecule has 1 heterocycles. The first-order chi connectivity index (χ1) is 13.9. The van der Waals surface area contributed by atoms with Gasteiger partial charge >= 0.3 is 11.9 Å². The van der Waals surface area contributed by atoms with Crippen LogP contribution in [-0.4, -0.2) is 37.4 Å². The highest BCUT2D eigenvalue weighted by molar-refractivity contribution is 5.76. The topological polar surface area (TPSA) is 65.1 Å². The predicted octanol–water partition coefficient (Wildman–Crippen LogP) is 5.94. The van der Waals surface area contributed by atoms with E-state index in [0.29, 0.717) is 37.3 Å². The van der Waals surface area contributed by atoms with E-state index >= 15 is 0 Å². The first kappa shape index (κ1) is 26.9. The van der Waals surface area contributed by atoms with Crippen molar-refractivity contribution in [3.05, 3.63) is 0 Å². The fourth-order valence-corrected chi connectivity index (χ4v) is 3.17. The van der Waals surface area contributed by atoms with Gasteiger partial charge in [0.05, 0.1) is 36.3 Å². The maximum atomic E-state index is 11.8. The Morgan fingerprint density at radius 3 is 2.00 bits per heavy atom. The third kappa shape index (κ3) is 9.36. The van der Waals surface area contributed by atoms with Gasteiger partial charge in [-0.15, -0.1) is 0 Å². The molecule has 0 aromatic carbocycles. The van der Waals surface area contributed by atoms with E-state index in [1.807, 2.05) is 41.5 Å². The van der Waals surface area contributed by atoms with E-state index in [1.54, 1.807) is 0 Å². The molecule has 5 nitrogen and oxygen atoms in total. The van der Waals surface area contributed by atoms with Crippen LogP contribution in [-0.2, 0) is 23.8 Å². The maximum Gasteiger partial charge on any atom is 0.311 e. The van der Waals surface area contributed by atoms with Crippen molar-refractivity contribution in [2.24, 2.45) is 22.7 Å². The molecule has 1 aliphatic heterocycles. The molecule has 1 saturated carbocycles. The molecule has 2 fully saturated rings. The van der Waals surface area contributed by atoms with Crippen LogP contribution in [0.4, 0.5) is 0 Å². The van der Waals surface area contributed by atoms with Crippen molar-refractivity contribution in [1.29, 1.82) is 0 Å². The van der Waals surface area contributed by atoms with Crippen molar-refractivity contribution in [2.75, 3.05) is 13.2 Å². The standard InChI is InChI=1S/C13H22O3.C12H24O2/c1-4-13(2,3)12(14)15-8-9-5-6-10-11(7-9)16-10;1-6-12(4,5)11(13)14-9-7-8-10(2)3/h9-11H,4-8H2,1-3H3;10H,6-9H2,1-5H3. The smallest absolute Gasteiger partial charge is 0.311 e. The first-order valence-corrected chi connectivity index (χ1v) is 11.9. The highest BCUT2D eigenvalue weighted by Gasteiger charge is 2.44. The molecule has 30 heavy (non-hydrogen) atoms. The van der Waals surface area contributed by atoms with Crippen LogP contribution in [0.1, 0.15) is 100 Å². The molecule has 2 aliphatic rings. The SMILES string of the molecule is CCC(C)(C)C(=O)OCC1CCC2OC2C1.CCC(C)(C)C(=O)OCCCC(C)C. The lowest BCUT2D eigenvalue weighted by Crippen LogP contribution is -2.29. The number of carbonyl (C=O) groups excluding carboxylic acids is 2. The molecule has 0 amide bonds. The second kappa shape index (κ2) is 12.1. The summed E-state index contributed by atoms with van der Waals surface area (Å²) in [7, 11) is 0. The summed E-state index contributed by atoms with van der Waals surface area (Å²) in [5.74, 6) is 1.07. The predicted molar refractivity (Wildman–Crippen MR) is 120 cm³/mol. The van der Waals surface area contributed by atoms with Gasteiger partial charge in [-0.05, 0) is 84.5 Å². The van der Waals surface area contributed by atoms with Crippen molar-refractivity contribution < 1.29 is 23.8 Å². The number of fused-ring (bicyclic) bond motifs is 1. The summed E-state index contributed by atoms with van der Waals surface area (Å²) in [4.78, 5) is 23.3. The van der Waals surface area contributed by atoms with E-state index in [4.69, 9.17) is 14.2 Å². The number of esters is 2. The number of epoxide rings is 1. The van der Waals surface area contributed by atoms with Gasteiger partial charge in [0.25, 0.3) is 0 Å². The zero-order valence-corrected chi connectivity index (χ0v) is 20.7. The maximum absolute atomic E-state index is 11.8. The summed E-state index contributed by atoms with van der Waals surface area (Å²) < 4.78 is 16.1. The van der Waals surface area contributed by atoms with Crippen LogP contribution >= 0.6 is 0 Å². The summed E-state index contributed by atoms with van der Waals surface area (Å²) in [5, 5.41) is 0. The monoisotopic (exact) mass is 426 g/mol. The van der Waals surface area contributed by atoms with Crippen LogP contribution in [0.2, 0.25) is 0 Å². The average Bonchev–Trinajstić information content (AvgIpc) is 3.48. The Hall–Kier alpha value is -1.10. The second-order valence-electron chi connectivity index (χ2n) is 10.6. The van der Waals surface area contributed by atoms with Crippen molar-refractivity contribution >= 4 is 11.9 Å². The molecule has 1 saturated heterocycles. The van der Waals surface area contributed by atoms with E-state index in [1.165, 1.54) is 0 Å². The third-order valence-corrected chi connectivity index (χ3v) is 6.59. The quantitative estimate of drug-likeness (QED) is 0.246. The number of ether oxygens (including phenoxy) is 3. The van der Waals surface area contributed by atoms with Gasteiger partial charge in [0, 0.05) is 0 Å². The summed E-state index contributed by atoms with van der Waals surface area (Å²) in [5.41, 5.74) is -0.662. The van der Waals surface area contributed by atoms with Crippen LogP contribution in [0, 0.1) is 22.7 Å². The van der Waals surface area contributed by atoms with Crippen LogP contribution in [0.3, 0.4) is 0 Å². The number of carbonyl (C=O) groups is 2. The van der Waals surface area contributed by atoms with Crippen LogP contribution in [0.5, 0.6) is 0 Å². The van der Waals surface area contributed by atoms with Crippen molar-refractivity contribution in [1.82, 2.24) is 0 Å². The highest BCUT2D eigenvalue weighted by atomic mass is 16.6. The van der Waals surface area contributed by atoms with Gasteiger partial charge in [0.2, 0.25) is 0 Å². The Morgan fingerprint density at radius 1 is 0.933 bits per heavy atom. The Balaban J connectivity index is 0.000000304. The van der Waals surface area contributed by atoms with Gasteiger partial charge in [-0.3, -0.25) is 9.59 Å². The summed E-state index contributed by atoms with van der Waals surface area (Å²) >= 11 is 0. The van der Waals surface area contributed by atoms with Crippen molar-refractivity contribution in [3.63, 3.8) is 0 Å². The minimum atomic E-state index is -0.340. The Labute approximate surface area is 184 Å². The lowest BCUT2D eigenvalue weighted by molar-refractivity contribution is -0.156. The largest absolute Gasteiger partial charge is 0.465 e. The molecule has 3 atom stereocenters. The van der Waals surface area contributed by atoms with E-state index in [-0.39, 0.29) is 22.8 Å². The zero-order valence-electron chi connectivity index (χ0n) is 20.7. The molecular weight excluding hydrogens is 380 g/mol. The molecule has 176 valence electrons. The molecule has 0 spiro atoms. The average molecular weight is 427 g/mol. The number of hydrogen-bond donors (Lipinski definition) is 0. The number of hydrogen-bond acceptors (Lipinski definition) is 5. The van der Waals surface area contributed by atoms with Crippen molar-refractivity contribution in [2.45, 2.75) is 113 Å². The van der Waals surface area contributed by atoms with Gasteiger partial charge in [-0.25, -0.2) is 0 Å². The molecule has 5 heteroatoms. The van der Waals surface area contributed by atoms with Gasteiger partial charge < -0.3 is 14.2 Å². The normalized spacial score (nSPS) is 23.2. The fraction of sp³-hybridized carbons (Fsp3) is 0.920. The summed E-state index contributed by atoms with van der Waals surface area (Å²) in [6.07, 6.45) is 8.11. The summed E-state index contributed by atoms with van der Waals surface area (Å²) in [6.45, 7) is 17.3. The van der Waals surface area contributed by atoms with E-state index in [9.17, 15) is 9.59 Å². The van der Waals surface area contributed by atoms with Gasteiger partial charge in [0.15, 0.2) is 0 Å². The van der Waals surface area contributed by atoms with Gasteiger partial charge in [-0.2, -0.15) is 0 Å². The highest BCUT2D eigenvalue weighted by Crippen LogP contribution is 2.39. The molecule has 0 N–H and O–H groups in total. The molecular formula is C25H46O5. The number of rotatable bonds is 10. The molecule has 2 rings (SSSR count). The first-order valence-electron chi connectivity index (χ1n) is 11.9. The van der Waals surface area contributed by atoms with Crippen LogP contribution in [0.25, 0.3) is 0 Å². The van der Waals surface area contributed by atoms with Crippen LogP contribution in [0.15, 0.2) is 0 Å². The molecule has 3 unspecified atom stereocenters. The molecule has 0 bridgehead atoms. The molecule has 0 aromatic rings. The third-order valence-electron chi connectivity index (χ3n) is 6.59. The van der Waals surface area contributed by atoms with Gasteiger partial charge in [-0.1, -0.05) is 27.7 Å².